The van der Waals surface area contributed by atoms with Gasteiger partial charge in [-0.2, -0.15) is 0 Å². The van der Waals surface area contributed by atoms with Crippen LogP contribution in [-0.2, 0) is 29.1 Å². The number of rotatable bonds is 8. The number of carbonyl (C=O) groups is 2. The van der Waals surface area contributed by atoms with Gasteiger partial charge in [-0.05, 0) is 41.0 Å². The van der Waals surface area contributed by atoms with Gasteiger partial charge in [0.15, 0.2) is 0 Å². The van der Waals surface area contributed by atoms with Gasteiger partial charge in [-0.15, -0.1) is 0 Å². The zero-order valence-electron chi connectivity index (χ0n) is 17.0. The molecule has 7 nitrogen and oxygen atoms in total. The molecule has 5 N–H and O–H groups in total. The molecule has 0 heterocycles. The fraction of sp³-hybridized carbons (Fsp3) is 0.167. The number of phenolic OH excluding ortho intramolecular Hbond substituents is 1. The van der Waals surface area contributed by atoms with Crippen molar-refractivity contribution in [1.29, 1.82) is 0 Å². The lowest BCUT2D eigenvalue weighted by Crippen LogP contribution is -2.45. The highest BCUT2D eigenvalue weighted by molar-refractivity contribution is 5.96. The number of aromatic hydroxyl groups is 1. The van der Waals surface area contributed by atoms with Crippen molar-refractivity contribution >= 4 is 17.7 Å². The molecule has 160 valence electrons. The second-order valence-electron chi connectivity index (χ2n) is 7.02. The Labute approximate surface area is 180 Å². The molecule has 0 spiro atoms. The van der Waals surface area contributed by atoms with E-state index in [1.54, 1.807) is 30.3 Å². The number of phenols is 1. The van der Waals surface area contributed by atoms with Crippen molar-refractivity contribution < 1.29 is 19.4 Å². The van der Waals surface area contributed by atoms with Crippen molar-refractivity contribution in [3.63, 3.8) is 0 Å². The molecule has 3 rings (SSSR count). The third kappa shape index (κ3) is 6.87. The molecule has 0 fully saturated rings. The summed E-state index contributed by atoms with van der Waals surface area (Å²) in [6, 6.07) is 22.0. The van der Waals surface area contributed by atoms with Crippen LogP contribution >= 0.6 is 0 Å². The smallest absolute Gasteiger partial charge is 0.408 e. The van der Waals surface area contributed by atoms with Crippen LogP contribution < -0.4 is 16.4 Å². The number of hydrogen-bond donors (Lipinski definition) is 4. The van der Waals surface area contributed by atoms with E-state index in [2.05, 4.69) is 10.6 Å². The van der Waals surface area contributed by atoms with Crippen LogP contribution in [0.3, 0.4) is 0 Å². The summed E-state index contributed by atoms with van der Waals surface area (Å²) >= 11 is 0. The molecule has 0 aromatic heterocycles. The van der Waals surface area contributed by atoms with E-state index in [0.717, 1.165) is 16.7 Å². The fourth-order valence-electron chi connectivity index (χ4n) is 2.99. The maximum absolute atomic E-state index is 12.9. The first kappa shape index (κ1) is 21.9. The minimum Gasteiger partial charge on any atom is -0.508 e. The highest BCUT2D eigenvalue weighted by Gasteiger charge is 2.22. The molecule has 1 atom stereocenters. The van der Waals surface area contributed by atoms with Crippen LogP contribution in [0.2, 0.25) is 0 Å². The van der Waals surface area contributed by atoms with Crippen molar-refractivity contribution in [1.82, 2.24) is 5.32 Å². The molecule has 0 bridgehead atoms. The Morgan fingerprint density at radius 2 is 1.61 bits per heavy atom. The predicted octanol–water partition coefficient (Wildman–Crippen LogP) is 3.33. The zero-order chi connectivity index (χ0) is 22.1. The second kappa shape index (κ2) is 10.8. The maximum Gasteiger partial charge on any atom is 0.408 e. The molecule has 3 aromatic rings. The first-order valence-electron chi connectivity index (χ1n) is 9.88. The van der Waals surface area contributed by atoms with Gasteiger partial charge in [0.05, 0.1) is 0 Å². The summed E-state index contributed by atoms with van der Waals surface area (Å²) in [6.07, 6.45) is -0.471. The van der Waals surface area contributed by atoms with E-state index < -0.39 is 12.1 Å². The molecular weight excluding hydrogens is 394 g/mol. The molecule has 0 saturated heterocycles. The van der Waals surface area contributed by atoms with Gasteiger partial charge >= 0.3 is 6.09 Å². The molecule has 2 amide bonds. The average molecular weight is 419 g/mol. The van der Waals surface area contributed by atoms with Crippen LogP contribution in [0, 0.1) is 0 Å². The number of ether oxygens (including phenoxy) is 1. The van der Waals surface area contributed by atoms with Crippen LogP contribution in [-0.4, -0.2) is 23.1 Å². The standard InChI is InChI=1S/C24H25N3O4/c25-15-19-7-4-8-20(13-19)26-23(29)22(14-17-9-11-21(28)12-10-17)27-24(30)31-16-18-5-2-1-3-6-18/h1-13,22,28H,14-16,25H2,(H,26,29)(H,27,30)/t22-/m1/s1. The Bertz CT molecular complexity index is 1010. The number of amides is 2. The lowest BCUT2D eigenvalue weighted by Gasteiger charge is -2.19. The summed E-state index contributed by atoms with van der Waals surface area (Å²) in [6.45, 7) is 0.448. The average Bonchev–Trinajstić information content (AvgIpc) is 2.79. The number of alkyl carbamates (subject to hydrolysis) is 1. The minimum atomic E-state index is -0.880. The van der Waals surface area contributed by atoms with Gasteiger partial charge in [0.25, 0.3) is 0 Å². The van der Waals surface area contributed by atoms with Gasteiger partial charge in [0, 0.05) is 18.7 Å². The summed E-state index contributed by atoms with van der Waals surface area (Å²) in [4.78, 5) is 25.3. The maximum atomic E-state index is 12.9. The third-order valence-corrected chi connectivity index (χ3v) is 4.63. The van der Waals surface area contributed by atoms with Crippen LogP contribution in [0.4, 0.5) is 10.5 Å². The van der Waals surface area contributed by atoms with Crippen LogP contribution in [0.25, 0.3) is 0 Å². The predicted molar refractivity (Wildman–Crippen MR) is 118 cm³/mol. The molecule has 3 aromatic carbocycles. The van der Waals surface area contributed by atoms with E-state index in [4.69, 9.17) is 10.5 Å². The molecule has 31 heavy (non-hydrogen) atoms. The Hall–Kier alpha value is -3.84. The van der Waals surface area contributed by atoms with Crippen molar-refractivity contribution in [3.05, 3.63) is 95.6 Å². The van der Waals surface area contributed by atoms with Gasteiger partial charge in [-0.25, -0.2) is 4.79 Å². The molecule has 0 aliphatic carbocycles. The lowest BCUT2D eigenvalue weighted by molar-refractivity contribution is -0.118. The van der Waals surface area contributed by atoms with Gasteiger partial charge < -0.3 is 26.2 Å². The normalized spacial score (nSPS) is 11.4. The Morgan fingerprint density at radius 1 is 0.903 bits per heavy atom. The van der Waals surface area contributed by atoms with Gasteiger partial charge in [-0.1, -0.05) is 54.6 Å². The van der Waals surface area contributed by atoms with E-state index >= 15 is 0 Å². The zero-order valence-corrected chi connectivity index (χ0v) is 17.0. The SMILES string of the molecule is NCc1cccc(NC(=O)[C@@H](Cc2ccc(O)cc2)NC(=O)OCc2ccccc2)c1. The number of nitrogens with one attached hydrogen (secondary N) is 2. The topological polar surface area (TPSA) is 114 Å². The Kier molecular flexibility index (Phi) is 7.61. The number of hydrogen-bond acceptors (Lipinski definition) is 5. The van der Waals surface area contributed by atoms with E-state index in [9.17, 15) is 14.7 Å². The monoisotopic (exact) mass is 419 g/mol. The number of carbonyl (C=O) groups excluding carboxylic acids is 2. The largest absolute Gasteiger partial charge is 0.508 e. The quantitative estimate of drug-likeness (QED) is 0.447. The summed E-state index contributed by atoms with van der Waals surface area (Å²) in [5.74, 6) is -0.266. The van der Waals surface area contributed by atoms with E-state index in [0.29, 0.717) is 12.2 Å². The van der Waals surface area contributed by atoms with Crippen molar-refractivity contribution in [2.75, 3.05) is 5.32 Å². The van der Waals surface area contributed by atoms with Crippen LogP contribution in [0.5, 0.6) is 5.75 Å². The molecule has 7 heteroatoms. The molecule has 0 unspecified atom stereocenters. The minimum absolute atomic E-state index is 0.0960. The lowest BCUT2D eigenvalue weighted by atomic mass is 10.0. The van der Waals surface area contributed by atoms with Gasteiger partial charge in [-0.3, -0.25) is 4.79 Å². The molecule has 0 radical (unpaired) electrons. The summed E-state index contributed by atoms with van der Waals surface area (Å²) in [5, 5.41) is 14.9. The first-order chi connectivity index (χ1) is 15.0. The van der Waals surface area contributed by atoms with E-state index in [1.165, 1.54) is 12.1 Å². The Balaban J connectivity index is 1.69. The number of benzene rings is 3. The highest BCUT2D eigenvalue weighted by atomic mass is 16.5. The van der Waals surface area contributed by atoms with E-state index in [-0.39, 0.29) is 24.7 Å². The van der Waals surface area contributed by atoms with Crippen LogP contribution in [0.15, 0.2) is 78.9 Å². The van der Waals surface area contributed by atoms with Crippen LogP contribution in [0.1, 0.15) is 16.7 Å². The van der Waals surface area contributed by atoms with Gasteiger partial charge in [0.2, 0.25) is 5.91 Å². The van der Waals surface area contributed by atoms with Crippen molar-refractivity contribution in [3.8, 4) is 5.75 Å². The molecule has 0 saturated carbocycles. The molecule has 0 aliphatic heterocycles. The molecule has 0 aliphatic rings. The summed E-state index contributed by atoms with van der Waals surface area (Å²) in [5.41, 5.74) is 8.75. The Morgan fingerprint density at radius 3 is 2.32 bits per heavy atom. The first-order valence-corrected chi connectivity index (χ1v) is 9.88. The van der Waals surface area contributed by atoms with E-state index in [1.807, 2.05) is 36.4 Å². The summed E-state index contributed by atoms with van der Waals surface area (Å²) < 4.78 is 5.27. The number of anilines is 1. The fourth-order valence-corrected chi connectivity index (χ4v) is 2.99. The highest BCUT2D eigenvalue weighted by Crippen LogP contribution is 2.14. The third-order valence-electron chi connectivity index (χ3n) is 4.63. The van der Waals surface area contributed by atoms with Crippen molar-refractivity contribution in [2.24, 2.45) is 5.73 Å². The van der Waals surface area contributed by atoms with Crippen molar-refractivity contribution in [2.45, 2.75) is 25.6 Å². The second-order valence-corrected chi connectivity index (χ2v) is 7.02. The van der Waals surface area contributed by atoms with Gasteiger partial charge in [0.1, 0.15) is 18.4 Å². The summed E-state index contributed by atoms with van der Waals surface area (Å²) in [7, 11) is 0. The molecular formula is C24H25N3O4. The number of nitrogens with two attached hydrogens (primary N) is 1.